The maximum absolute atomic E-state index is 12.9. The van der Waals surface area contributed by atoms with E-state index in [0.29, 0.717) is 5.69 Å². The number of carboxylic acid groups (broad SMARTS) is 1. The summed E-state index contributed by atoms with van der Waals surface area (Å²) >= 11 is 0. The summed E-state index contributed by atoms with van der Waals surface area (Å²) in [5.74, 6) is -1.15. The van der Waals surface area contributed by atoms with Crippen LogP contribution in [0.25, 0.3) is 21.9 Å². The molecule has 0 fully saturated rings. The molecule has 4 aromatic carbocycles. The van der Waals surface area contributed by atoms with Gasteiger partial charge in [0.25, 0.3) is 0 Å². The molecule has 32 heavy (non-hydrogen) atoms. The molecule has 1 aliphatic rings. The number of nitrogens with zero attached hydrogens (tertiary/aromatic N) is 1. The van der Waals surface area contributed by atoms with Crippen molar-refractivity contribution in [3.63, 3.8) is 0 Å². The predicted molar refractivity (Wildman–Crippen MR) is 124 cm³/mol. The van der Waals surface area contributed by atoms with E-state index in [4.69, 9.17) is 4.74 Å². The normalized spacial score (nSPS) is 12.3. The van der Waals surface area contributed by atoms with E-state index in [1.54, 1.807) is 12.1 Å². The van der Waals surface area contributed by atoms with E-state index < -0.39 is 12.1 Å². The van der Waals surface area contributed by atoms with E-state index >= 15 is 0 Å². The Kier molecular flexibility index (Phi) is 4.86. The largest absolute Gasteiger partial charge is 0.478 e. The summed E-state index contributed by atoms with van der Waals surface area (Å²) in [6, 6.07) is 27.0. The van der Waals surface area contributed by atoms with Crippen molar-refractivity contribution in [2.75, 3.05) is 18.6 Å². The van der Waals surface area contributed by atoms with Crippen molar-refractivity contribution in [1.29, 1.82) is 0 Å². The van der Waals surface area contributed by atoms with Crippen molar-refractivity contribution in [3.05, 3.63) is 102 Å². The fraction of sp³-hybridized carbons (Fsp3) is 0.111. The van der Waals surface area contributed by atoms with Crippen molar-refractivity contribution >= 4 is 28.5 Å². The third-order valence-corrected chi connectivity index (χ3v) is 6.07. The second-order valence-corrected chi connectivity index (χ2v) is 7.88. The lowest BCUT2D eigenvalue weighted by Crippen LogP contribution is -2.30. The van der Waals surface area contributed by atoms with Crippen molar-refractivity contribution in [3.8, 4) is 11.1 Å². The first kappa shape index (κ1) is 19.8. The fourth-order valence-corrected chi connectivity index (χ4v) is 4.47. The van der Waals surface area contributed by atoms with Crippen molar-refractivity contribution in [2.45, 2.75) is 5.92 Å². The maximum atomic E-state index is 12.9. The van der Waals surface area contributed by atoms with Gasteiger partial charge in [0.05, 0.1) is 11.3 Å². The summed E-state index contributed by atoms with van der Waals surface area (Å²) < 4.78 is 5.70. The van der Waals surface area contributed by atoms with E-state index in [2.05, 4.69) is 24.3 Å². The molecule has 5 rings (SSSR count). The zero-order valence-electron chi connectivity index (χ0n) is 17.5. The van der Waals surface area contributed by atoms with Gasteiger partial charge in [0.1, 0.15) is 6.61 Å². The molecule has 5 nitrogen and oxygen atoms in total. The Labute approximate surface area is 185 Å². The Morgan fingerprint density at radius 2 is 1.38 bits per heavy atom. The van der Waals surface area contributed by atoms with Crippen molar-refractivity contribution in [2.24, 2.45) is 0 Å². The average Bonchev–Trinajstić information content (AvgIpc) is 3.15. The Hall–Kier alpha value is -4.12. The van der Waals surface area contributed by atoms with Gasteiger partial charge in [-0.2, -0.15) is 0 Å². The number of hydrogen-bond acceptors (Lipinski definition) is 3. The molecule has 1 N–H and O–H groups in total. The van der Waals surface area contributed by atoms with Crippen LogP contribution in [-0.4, -0.2) is 30.8 Å². The first-order valence-electron chi connectivity index (χ1n) is 10.4. The van der Waals surface area contributed by atoms with E-state index in [-0.39, 0.29) is 18.1 Å². The Morgan fingerprint density at radius 3 is 1.97 bits per heavy atom. The molecule has 0 radical (unpaired) electrons. The average molecular weight is 423 g/mol. The van der Waals surface area contributed by atoms with Crippen LogP contribution < -0.4 is 4.90 Å². The van der Waals surface area contributed by atoms with Gasteiger partial charge in [-0.15, -0.1) is 0 Å². The number of carbonyl (C=O) groups is 2. The van der Waals surface area contributed by atoms with Crippen LogP contribution in [0.5, 0.6) is 0 Å². The minimum absolute atomic E-state index is 0.0553. The fourth-order valence-electron chi connectivity index (χ4n) is 4.47. The van der Waals surface area contributed by atoms with E-state index in [9.17, 15) is 14.7 Å². The quantitative estimate of drug-likeness (QED) is 0.442. The first-order valence-corrected chi connectivity index (χ1v) is 10.4. The molecule has 1 amide bonds. The van der Waals surface area contributed by atoms with Crippen LogP contribution in [0, 0.1) is 0 Å². The summed E-state index contributed by atoms with van der Waals surface area (Å²) in [5, 5.41) is 11.4. The topological polar surface area (TPSA) is 66.8 Å². The molecular formula is C27H21NO4. The smallest absolute Gasteiger partial charge is 0.414 e. The van der Waals surface area contributed by atoms with Gasteiger partial charge in [0.15, 0.2) is 0 Å². The summed E-state index contributed by atoms with van der Waals surface area (Å²) in [6.45, 7) is 0.174. The van der Waals surface area contributed by atoms with Gasteiger partial charge < -0.3 is 9.84 Å². The molecule has 0 aromatic heterocycles. The highest BCUT2D eigenvalue weighted by Crippen LogP contribution is 2.44. The maximum Gasteiger partial charge on any atom is 0.414 e. The monoisotopic (exact) mass is 423 g/mol. The number of carbonyl (C=O) groups excluding carboxylic acids is 1. The van der Waals surface area contributed by atoms with Crippen LogP contribution in [-0.2, 0) is 4.74 Å². The lowest BCUT2D eigenvalue weighted by atomic mass is 9.98. The third kappa shape index (κ3) is 3.28. The summed E-state index contributed by atoms with van der Waals surface area (Å²) in [6.07, 6.45) is -0.593. The lowest BCUT2D eigenvalue weighted by Gasteiger charge is -2.21. The molecule has 5 heteroatoms. The number of aromatic carboxylic acids is 1. The Balaban J connectivity index is 1.42. The number of benzene rings is 4. The van der Waals surface area contributed by atoms with Gasteiger partial charge in [-0.1, -0.05) is 72.8 Å². The van der Waals surface area contributed by atoms with E-state index in [0.717, 1.165) is 33.0 Å². The van der Waals surface area contributed by atoms with E-state index in [1.807, 2.05) is 48.5 Å². The highest BCUT2D eigenvalue weighted by Gasteiger charge is 2.30. The minimum Gasteiger partial charge on any atom is -0.478 e. The minimum atomic E-state index is -1.09. The van der Waals surface area contributed by atoms with Crippen LogP contribution in [0.15, 0.2) is 84.9 Å². The number of ether oxygens (including phenoxy) is 1. The Morgan fingerprint density at radius 1 is 0.844 bits per heavy atom. The first-order chi connectivity index (χ1) is 15.5. The summed E-state index contributed by atoms with van der Waals surface area (Å²) in [7, 11) is 1.54. The lowest BCUT2D eigenvalue weighted by molar-refractivity contribution is 0.0698. The second-order valence-electron chi connectivity index (χ2n) is 7.88. The number of carboxylic acids is 1. The molecule has 0 saturated carbocycles. The van der Waals surface area contributed by atoms with Crippen LogP contribution in [0.4, 0.5) is 10.5 Å². The van der Waals surface area contributed by atoms with Crippen LogP contribution >= 0.6 is 0 Å². The van der Waals surface area contributed by atoms with Gasteiger partial charge >= 0.3 is 12.1 Å². The highest BCUT2D eigenvalue weighted by atomic mass is 16.6. The van der Waals surface area contributed by atoms with Gasteiger partial charge in [-0.25, -0.2) is 9.59 Å². The Bertz CT molecular complexity index is 1320. The van der Waals surface area contributed by atoms with Gasteiger partial charge in [0.2, 0.25) is 0 Å². The molecule has 0 spiro atoms. The number of rotatable bonds is 4. The van der Waals surface area contributed by atoms with Crippen LogP contribution in [0.1, 0.15) is 27.4 Å². The predicted octanol–water partition coefficient (Wildman–Crippen LogP) is 5.92. The SMILES string of the molecule is CN(C(=O)OCC1c2ccccc2-c2ccccc21)c1cc2ccccc2cc1C(=O)O. The number of fused-ring (bicyclic) bond motifs is 4. The second kappa shape index (κ2) is 7.85. The molecule has 0 aliphatic heterocycles. The third-order valence-electron chi connectivity index (χ3n) is 6.07. The van der Waals surface area contributed by atoms with Crippen molar-refractivity contribution < 1.29 is 19.4 Å². The zero-order chi connectivity index (χ0) is 22.2. The molecule has 4 aromatic rings. The van der Waals surface area contributed by atoms with Crippen LogP contribution in [0.3, 0.4) is 0 Å². The molecular weight excluding hydrogens is 402 g/mol. The van der Waals surface area contributed by atoms with E-state index in [1.165, 1.54) is 11.9 Å². The standard InChI is InChI=1S/C27H21NO4/c1-28(25-15-18-9-3-2-8-17(18)14-23(25)26(29)30)27(31)32-16-24-21-12-6-4-10-19(21)20-11-5-7-13-22(20)24/h2-15,24H,16H2,1H3,(H,29,30). The summed E-state index contributed by atoms with van der Waals surface area (Å²) in [5.41, 5.74) is 4.91. The van der Waals surface area contributed by atoms with Gasteiger partial charge in [-0.05, 0) is 45.2 Å². The highest BCUT2D eigenvalue weighted by molar-refractivity contribution is 6.04. The number of anilines is 1. The van der Waals surface area contributed by atoms with Gasteiger partial charge in [0, 0.05) is 13.0 Å². The number of hydrogen-bond donors (Lipinski definition) is 1. The summed E-state index contributed by atoms with van der Waals surface area (Å²) in [4.78, 5) is 26.1. The molecule has 1 aliphatic carbocycles. The zero-order valence-corrected chi connectivity index (χ0v) is 17.5. The molecule has 0 unspecified atom stereocenters. The van der Waals surface area contributed by atoms with Crippen molar-refractivity contribution in [1.82, 2.24) is 0 Å². The number of amides is 1. The van der Waals surface area contributed by atoms with Gasteiger partial charge in [-0.3, -0.25) is 4.90 Å². The molecule has 0 saturated heterocycles. The molecule has 0 bridgehead atoms. The molecule has 0 heterocycles. The molecule has 158 valence electrons. The molecule has 0 atom stereocenters. The van der Waals surface area contributed by atoms with Crippen LogP contribution in [0.2, 0.25) is 0 Å².